The van der Waals surface area contributed by atoms with Crippen molar-refractivity contribution in [2.45, 2.75) is 31.5 Å². The van der Waals surface area contributed by atoms with Gasteiger partial charge in [0.1, 0.15) is 17.7 Å². The molecule has 0 aliphatic heterocycles. The van der Waals surface area contributed by atoms with Crippen molar-refractivity contribution in [1.29, 1.82) is 0 Å². The molecule has 0 bridgehead atoms. The van der Waals surface area contributed by atoms with Crippen LogP contribution in [0.25, 0.3) is 0 Å². The maximum absolute atomic E-state index is 11.4. The van der Waals surface area contributed by atoms with Crippen molar-refractivity contribution in [2.24, 2.45) is 0 Å². The number of methoxy groups -OCH3 is 1. The Morgan fingerprint density at radius 2 is 2.16 bits per heavy atom. The topological polar surface area (TPSA) is 76.1 Å². The fraction of sp³-hybridized carbons (Fsp3) is 0.583. The highest BCUT2D eigenvalue weighted by atomic mass is 32.2. The van der Waals surface area contributed by atoms with Gasteiger partial charge in [0.15, 0.2) is 5.16 Å². The summed E-state index contributed by atoms with van der Waals surface area (Å²) in [7, 11) is 1.36. The monoisotopic (exact) mass is 284 g/mol. The molecule has 1 unspecified atom stereocenters. The van der Waals surface area contributed by atoms with E-state index >= 15 is 0 Å². The van der Waals surface area contributed by atoms with Crippen LogP contribution in [0.1, 0.15) is 20.3 Å². The van der Waals surface area contributed by atoms with Crippen molar-refractivity contribution in [3.8, 4) is 0 Å². The third kappa shape index (κ3) is 4.94. The predicted molar refractivity (Wildman–Crippen MR) is 77.7 cm³/mol. The second-order valence-corrected chi connectivity index (χ2v) is 4.71. The lowest BCUT2D eigenvalue weighted by atomic mass is 10.3. The number of anilines is 2. The third-order valence-electron chi connectivity index (χ3n) is 2.36. The number of hydrogen-bond acceptors (Lipinski definition) is 7. The number of carbonyl (C=O) groups excluding carboxylic acids is 1. The van der Waals surface area contributed by atoms with Crippen LogP contribution in [-0.2, 0) is 9.53 Å². The molecule has 1 heterocycles. The number of esters is 1. The van der Waals surface area contributed by atoms with Crippen LogP contribution in [-0.4, -0.2) is 41.9 Å². The van der Waals surface area contributed by atoms with Gasteiger partial charge < -0.3 is 15.4 Å². The van der Waals surface area contributed by atoms with E-state index in [-0.39, 0.29) is 5.97 Å². The summed E-state index contributed by atoms with van der Waals surface area (Å²) in [6.45, 7) is 4.66. The quantitative estimate of drug-likeness (QED) is 0.450. The van der Waals surface area contributed by atoms with Crippen LogP contribution in [0.4, 0.5) is 11.6 Å². The fourth-order valence-electron chi connectivity index (χ4n) is 1.39. The molecule has 0 fully saturated rings. The van der Waals surface area contributed by atoms with Gasteiger partial charge in [-0.15, -0.1) is 0 Å². The Morgan fingerprint density at radius 3 is 2.74 bits per heavy atom. The van der Waals surface area contributed by atoms with Gasteiger partial charge in [-0.05, 0) is 19.6 Å². The Kier molecular flexibility index (Phi) is 6.41. The second-order valence-electron chi connectivity index (χ2n) is 3.94. The molecule has 7 heteroatoms. The van der Waals surface area contributed by atoms with Gasteiger partial charge in [-0.1, -0.05) is 18.7 Å². The van der Waals surface area contributed by atoms with Gasteiger partial charge in [-0.3, -0.25) is 0 Å². The summed E-state index contributed by atoms with van der Waals surface area (Å²) in [5.74, 6) is 1.03. The van der Waals surface area contributed by atoms with Crippen LogP contribution in [0, 0.1) is 0 Å². The Labute approximate surface area is 117 Å². The zero-order valence-corrected chi connectivity index (χ0v) is 12.5. The van der Waals surface area contributed by atoms with Crippen molar-refractivity contribution < 1.29 is 9.53 Å². The number of nitrogens with zero attached hydrogens (tertiary/aromatic N) is 2. The van der Waals surface area contributed by atoms with Gasteiger partial charge in [0, 0.05) is 12.6 Å². The molecule has 2 N–H and O–H groups in total. The second kappa shape index (κ2) is 7.83. The van der Waals surface area contributed by atoms with E-state index in [9.17, 15) is 4.79 Å². The summed E-state index contributed by atoms with van der Waals surface area (Å²) in [6.07, 6.45) is 2.92. The van der Waals surface area contributed by atoms with Crippen LogP contribution < -0.4 is 10.6 Å². The molecule has 1 rings (SSSR count). The van der Waals surface area contributed by atoms with Gasteiger partial charge >= 0.3 is 5.97 Å². The number of nitrogens with one attached hydrogen (secondary N) is 2. The van der Waals surface area contributed by atoms with Crippen LogP contribution in [0.3, 0.4) is 0 Å². The molecular formula is C12H20N4O2S. The smallest absolute Gasteiger partial charge is 0.328 e. The van der Waals surface area contributed by atoms with E-state index in [1.54, 1.807) is 13.0 Å². The largest absolute Gasteiger partial charge is 0.467 e. The Balaban J connectivity index is 2.84. The van der Waals surface area contributed by atoms with Gasteiger partial charge in [0.2, 0.25) is 0 Å². The molecule has 0 radical (unpaired) electrons. The number of carbonyl (C=O) groups is 1. The van der Waals surface area contributed by atoms with E-state index in [0.717, 1.165) is 18.8 Å². The van der Waals surface area contributed by atoms with Crippen LogP contribution >= 0.6 is 11.8 Å². The van der Waals surface area contributed by atoms with E-state index in [4.69, 9.17) is 0 Å². The van der Waals surface area contributed by atoms with E-state index in [2.05, 4.69) is 32.3 Å². The third-order valence-corrected chi connectivity index (χ3v) is 2.91. The molecule has 0 aliphatic rings. The molecule has 0 spiro atoms. The standard InChI is InChI=1S/C12H20N4O2S/c1-5-6-13-9-7-10(16-12(15-9)19-4)14-8(2)11(17)18-3/h7-8H,5-6H2,1-4H3,(H2,13,14,15,16). The molecular weight excluding hydrogens is 264 g/mol. The summed E-state index contributed by atoms with van der Waals surface area (Å²) in [5.41, 5.74) is 0. The number of rotatable bonds is 7. The summed E-state index contributed by atoms with van der Waals surface area (Å²) >= 11 is 1.45. The summed E-state index contributed by atoms with van der Waals surface area (Å²) in [5, 5.41) is 6.86. The summed E-state index contributed by atoms with van der Waals surface area (Å²) in [4.78, 5) is 20.0. The van der Waals surface area contributed by atoms with Crippen molar-refractivity contribution in [3.63, 3.8) is 0 Å². The molecule has 0 saturated heterocycles. The Bertz CT molecular complexity index is 428. The fourth-order valence-corrected chi connectivity index (χ4v) is 1.77. The van der Waals surface area contributed by atoms with E-state index < -0.39 is 6.04 Å². The zero-order chi connectivity index (χ0) is 14.3. The zero-order valence-electron chi connectivity index (χ0n) is 11.7. The minimum atomic E-state index is -0.450. The molecule has 0 amide bonds. The van der Waals surface area contributed by atoms with Gasteiger partial charge in [0.25, 0.3) is 0 Å². The maximum atomic E-state index is 11.4. The Morgan fingerprint density at radius 1 is 1.47 bits per heavy atom. The molecule has 1 atom stereocenters. The van der Waals surface area contributed by atoms with Crippen molar-refractivity contribution >= 4 is 29.4 Å². The first-order chi connectivity index (χ1) is 9.10. The van der Waals surface area contributed by atoms with Gasteiger partial charge in [-0.2, -0.15) is 0 Å². The highest BCUT2D eigenvalue weighted by Gasteiger charge is 2.14. The SMILES string of the molecule is CCCNc1cc(NC(C)C(=O)OC)nc(SC)n1. The average Bonchev–Trinajstić information content (AvgIpc) is 2.43. The molecule has 0 aliphatic carbocycles. The molecule has 1 aromatic heterocycles. The van der Waals surface area contributed by atoms with E-state index in [0.29, 0.717) is 11.0 Å². The van der Waals surface area contributed by atoms with Gasteiger partial charge in [0.05, 0.1) is 7.11 Å². The summed E-state index contributed by atoms with van der Waals surface area (Å²) < 4.78 is 4.67. The molecule has 1 aromatic rings. The van der Waals surface area contributed by atoms with Crippen molar-refractivity contribution in [3.05, 3.63) is 6.07 Å². The summed E-state index contributed by atoms with van der Waals surface area (Å²) in [6, 6.07) is 1.34. The lowest BCUT2D eigenvalue weighted by Crippen LogP contribution is -2.27. The van der Waals surface area contributed by atoms with Gasteiger partial charge in [-0.25, -0.2) is 14.8 Å². The number of thioether (sulfide) groups is 1. The normalized spacial score (nSPS) is 11.8. The first-order valence-corrected chi connectivity index (χ1v) is 7.34. The highest BCUT2D eigenvalue weighted by molar-refractivity contribution is 7.98. The van der Waals surface area contributed by atoms with E-state index in [1.165, 1.54) is 18.9 Å². The minimum Gasteiger partial charge on any atom is -0.467 e. The average molecular weight is 284 g/mol. The van der Waals surface area contributed by atoms with Crippen molar-refractivity contribution in [2.75, 3.05) is 30.5 Å². The first-order valence-electron chi connectivity index (χ1n) is 6.12. The molecule has 0 saturated carbocycles. The Hall–Kier alpha value is -1.50. The number of ether oxygens (including phenoxy) is 1. The van der Waals surface area contributed by atoms with Crippen molar-refractivity contribution in [1.82, 2.24) is 9.97 Å². The first kappa shape index (κ1) is 15.6. The lowest BCUT2D eigenvalue weighted by molar-refractivity contribution is -0.141. The van der Waals surface area contributed by atoms with Crippen LogP contribution in [0.5, 0.6) is 0 Å². The molecule has 6 nitrogen and oxygen atoms in total. The van der Waals surface area contributed by atoms with Crippen LogP contribution in [0.15, 0.2) is 11.2 Å². The maximum Gasteiger partial charge on any atom is 0.328 e. The predicted octanol–water partition coefficient (Wildman–Crippen LogP) is 1.99. The van der Waals surface area contributed by atoms with Crippen LogP contribution in [0.2, 0.25) is 0 Å². The number of aromatic nitrogens is 2. The molecule has 19 heavy (non-hydrogen) atoms. The minimum absolute atomic E-state index is 0.326. The number of hydrogen-bond donors (Lipinski definition) is 2. The molecule has 0 aromatic carbocycles. The lowest BCUT2D eigenvalue weighted by Gasteiger charge is -2.14. The molecule has 106 valence electrons. The highest BCUT2D eigenvalue weighted by Crippen LogP contribution is 2.18. The van der Waals surface area contributed by atoms with E-state index in [1.807, 2.05) is 6.26 Å².